The summed E-state index contributed by atoms with van der Waals surface area (Å²) in [7, 11) is 1.74. The smallest absolute Gasteiger partial charge is 0.125 e. The van der Waals surface area contributed by atoms with Crippen molar-refractivity contribution < 1.29 is 14.6 Å². The monoisotopic (exact) mass is 336 g/mol. The second-order valence-corrected chi connectivity index (χ2v) is 6.75. The molecule has 0 aliphatic carbocycles. The van der Waals surface area contributed by atoms with E-state index in [2.05, 4.69) is 35.8 Å². The van der Waals surface area contributed by atoms with E-state index in [-0.39, 0.29) is 0 Å². The fourth-order valence-electron chi connectivity index (χ4n) is 3.09. The molecular weight excluding hydrogens is 304 g/mol. The highest BCUT2D eigenvalue weighted by Gasteiger charge is 2.19. The minimum atomic E-state index is -0.463. The number of rotatable bonds is 8. The van der Waals surface area contributed by atoms with Crippen molar-refractivity contribution in [3.63, 3.8) is 0 Å². The van der Waals surface area contributed by atoms with Crippen LogP contribution >= 0.6 is 0 Å². The standard InChI is InChI=1S/C19H32N2O3/c1-15-5-6-16(2)19(17(15)3)24-14-18(22)13-21-9-7-20(8-10-21)11-12-23-4/h5-6,18,22H,7-14H2,1-4H3. The number of benzene rings is 1. The molecule has 0 aromatic heterocycles. The van der Waals surface area contributed by atoms with Gasteiger partial charge in [0.15, 0.2) is 0 Å². The van der Waals surface area contributed by atoms with Gasteiger partial charge in [-0.2, -0.15) is 0 Å². The third-order valence-corrected chi connectivity index (χ3v) is 4.84. The third kappa shape index (κ3) is 5.45. The maximum Gasteiger partial charge on any atom is 0.125 e. The van der Waals surface area contributed by atoms with Crippen molar-refractivity contribution in [3.8, 4) is 5.75 Å². The normalized spacial score (nSPS) is 17.9. The molecule has 1 aromatic carbocycles. The summed E-state index contributed by atoms with van der Waals surface area (Å²) in [5.41, 5.74) is 3.50. The molecule has 1 N–H and O–H groups in total. The quantitative estimate of drug-likeness (QED) is 0.781. The van der Waals surface area contributed by atoms with Crippen LogP contribution < -0.4 is 4.74 Å². The Morgan fingerprint density at radius 2 is 1.67 bits per heavy atom. The molecule has 1 atom stereocenters. The highest BCUT2D eigenvalue weighted by molar-refractivity contribution is 5.44. The molecule has 0 bridgehead atoms. The van der Waals surface area contributed by atoms with Crippen LogP contribution in [-0.2, 0) is 4.74 Å². The van der Waals surface area contributed by atoms with E-state index in [9.17, 15) is 5.11 Å². The summed E-state index contributed by atoms with van der Waals surface area (Å²) >= 11 is 0. The summed E-state index contributed by atoms with van der Waals surface area (Å²) < 4.78 is 11.0. The lowest BCUT2D eigenvalue weighted by Gasteiger charge is -2.35. The number of β-amino-alcohol motifs (C(OH)–C–C–N with tert-alkyl or cyclic N) is 1. The fourth-order valence-corrected chi connectivity index (χ4v) is 3.09. The molecule has 24 heavy (non-hydrogen) atoms. The van der Waals surface area contributed by atoms with Gasteiger partial charge in [0.05, 0.1) is 6.61 Å². The SMILES string of the molecule is COCCN1CCN(CC(O)COc2c(C)ccc(C)c2C)CC1. The van der Waals surface area contributed by atoms with E-state index >= 15 is 0 Å². The number of aryl methyl sites for hydroxylation is 2. The average molecular weight is 336 g/mol. The van der Waals surface area contributed by atoms with Gasteiger partial charge in [-0.05, 0) is 37.5 Å². The molecule has 0 saturated carbocycles. The Kier molecular flexibility index (Phi) is 7.49. The molecule has 5 nitrogen and oxygen atoms in total. The van der Waals surface area contributed by atoms with Crippen LogP contribution in [0.2, 0.25) is 0 Å². The molecule has 1 aromatic rings. The Bertz CT molecular complexity index is 514. The number of nitrogens with zero attached hydrogens (tertiary/aromatic N) is 2. The molecule has 5 heteroatoms. The molecule has 136 valence electrons. The second kappa shape index (κ2) is 9.37. The van der Waals surface area contributed by atoms with Gasteiger partial charge in [0, 0.05) is 46.4 Å². The van der Waals surface area contributed by atoms with E-state index < -0.39 is 6.10 Å². The van der Waals surface area contributed by atoms with Crippen LogP contribution in [-0.4, -0.2) is 80.6 Å². The number of ether oxygens (including phenoxy) is 2. The number of piperazine rings is 1. The predicted octanol–water partition coefficient (Wildman–Crippen LogP) is 1.62. The van der Waals surface area contributed by atoms with Crippen LogP contribution in [0.4, 0.5) is 0 Å². The molecule has 1 heterocycles. The molecule has 1 fully saturated rings. The second-order valence-electron chi connectivity index (χ2n) is 6.75. The van der Waals surface area contributed by atoms with Gasteiger partial charge in [-0.3, -0.25) is 9.80 Å². The Morgan fingerprint density at radius 1 is 1.04 bits per heavy atom. The van der Waals surface area contributed by atoms with Gasteiger partial charge >= 0.3 is 0 Å². The summed E-state index contributed by atoms with van der Waals surface area (Å²) in [6.45, 7) is 13.0. The Balaban J connectivity index is 1.75. The van der Waals surface area contributed by atoms with Gasteiger partial charge in [-0.1, -0.05) is 12.1 Å². The van der Waals surface area contributed by atoms with Crippen LogP contribution in [0.15, 0.2) is 12.1 Å². The van der Waals surface area contributed by atoms with Crippen molar-refractivity contribution in [3.05, 3.63) is 28.8 Å². The first kappa shape index (κ1) is 19.2. The molecule has 1 unspecified atom stereocenters. The van der Waals surface area contributed by atoms with Gasteiger partial charge in [-0.15, -0.1) is 0 Å². The number of aliphatic hydroxyl groups is 1. The molecule has 1 aliphatic rings. The molecule has 2 rings (SSSR count). The Labute approximate surface area is 146 Å². The highest BCUT2D eigenvalue weighted by Crippen LogP contribution is 2.25. The van der Waals surface area contributed by atoms with Crippen molar-refractivity contribution in [1.29, 1.82) is 0 Å². The van der Waals surface area contributed by atoms with Gasteiger partial charge in [0.1, 0.15) is 18.5 Å². The van der Waals surface area contributed by atoms with Crippen LogP contribution in [0, 0.1) is 20.8 Å². The van der Waals surface area contributed by atoms with Crippen molar-refractivity contribution in [2.24, 2.45) is 0 Å². The number of hydrogen-bond acceptors (Lipinski definition) is 5. The summed E-state index contributed by atoms with van der Waals surface area (Å²) in [5.74, 6) is 0.915. The zero-order chi connectivity index (χ0) is 17.5. The molecule has 0 spiro atoms. The van der Waals surface area contributed by atoms with Gasteiger partial charge < -0.3 is 14.6 Å². The average Bonchev–Trinajstić information content (AvgIpc) is 2.57. The first-order valence-corrected chi connectivity index (χ1v) is 8.82. The van der Waals surface area contributed by atoms with Gasteiger partial charge in [-0.25, -0.2) is 0 Å². The lowest BCUT2D eigenvalue weighted by molar-refractivity contribution is 0.0402. The summed E-state index contributed by atoms with van der Waals surface area (Å²) in [6, 6.07) is 4.18. The Hall–Kier alpha value is -1.14. The van der Waals surface area contributed by atoms with E-state index in [1.165, 1.54) is 5.56 Å². The van der Waals surface area contributed by atoms with Gasteiger partial charge in [0.25, 0.3) is 0 Å². The van der Waals surface area contributed by atoms with Crippen molar-refractivity contribution in [2.45, 2.75) is 26.9 Å². The zero-order valence-corrected chi connectivity index (χ0v) is 15.5. The molecule has 0 amide bonds. The summed E-state index contributed by atoms with van der Waals surface area (Å²) in [5, 5.41) is 10.3. The van der Waals surface area contributed by atoms with Crippen molar-refractivity contribution >= 4 is 0 Å². The largest absolute Gasteiger partial charge is 0.490 e. The molecule has 1 aliphatic heterocycles. The number of aliphatic hydroxyl groups excluding tert-OH is 1. The summed E-state index contributed by atoms with van der Waals surface area (Å²) in [6.07, 6.45) is -0.463. The van der Waals surface area contributed by atoms with Crippen molar-refractivity contribution in [2.75, 3.05) is 59.6 Å². The van der Waals surface area contributed by atoms with Gasteiger partial charge in [0.2, 0.25) is 0 Å². The first-order valence-electron chi connectivity index (χ1n) is 8.82. The fraction of sp³-hybridized carbons (Fsp3) is 0.684. The lowest BCUT2D eigenvalue weighted by atomic mass is 10.1. The maximum absolute atomic E-state index is 10.3. The van der Waals surface area contributed by atoms with Crippen LogP contribution in [0.3, 0.4) is 0 Å². The van der Waals surface area contributed by atoms with Crippen molar-refractivity contribution in [1.82, 2.24) is 9.80 Å². The molecule has 0 radical (unpaired) electrons. The Morgan fingerprint density at radius 3 is 2.33 bits per heavy atom. The number of methoxy groups -OCH3 is 1. The predicted molar refractivity (Wildman–Crippen MR) is 96.9 cm³/mol. The van der Waals surface area contributed by atoms with E-state index in [0.717, 1.165) is 56.2 Å². The lowest BCUT2D eigenvalue weighted by Crippen LogP contribution is -2.49. The first-order chi connectivity index (χ1) is 11.5. The topological polar surface area (TPSA) is 45.2 Å². The van der Waals surface area contributed by atoms with Crippen LogP contribution in [0.1, 0.15) is 16.7 Å². The molecular formula is C19H32N2O3. The van der Waals surface area contributed by atoms with E-state index in [4.69, 9.17) is 9.47 Å². The highest BCUT2D eigenvalue weighted by atomic mass is 16.5. The van der Waals surface area contributed by atoms with E-state index in [0.29, 0.717) is 13.2 Å². The zero-order valence-electron chi connectivity index (χ0n) is 15.5. The minimum Gasteiger partial charge on any atom is -0.490 e. The van der Waals surface area contributed by atoms with E-state index in [1.54, 1.807) is 7.11 Å². The molecule has 1 saturated heterocycles. The number of hydrogen-bond donors (Lipinski definition) is 1. The minimum absolute atomic E-state index is 0.342. The van der Waals surface area contributed by atoms with Crippen LogP contribution in [0.25, 0.3) is 0 Å². The van der Waals surface area contributed by atoms with E-state index in [1.807, 2.05) is 6.92 Å². The maximum atomic E-state index is 10.3. The third-order valence-electron chi connectivity index (χ3n) is 4.84. The van der Waals surface area contributed by atoms with Crippen LogP contribution in [0.5, 0.6) is 5.75 Å². The summed E-state index contributed by atoms with van der Waals surface area (Å²) in [4.78, 5) is 4.72.